The van der Waals surface area contributed by atoms with Crippen LogP contribution in [0.15, 0.2) is 18.2 Å². The maximum absolute atomic E-state index is 13.2. The minimum Gasteiger partial charge on any atom is -0.385 e. The normalized spacial score (nSPS) is 26.7. The van der Waals surface area contributed by atoms with Crippen molar-refractivity contribution in [3.8, 4) is 0 Å². The molecule has 1 aliphatic carbocycles. The molecule has 0 radical (unpaired) electrons. The number of aliphatic hydroxyl groups is 1. The predicted octanol–water partition coefficient (Wildman–Crippen LogP) is 4.24. The molecule has 0 aromatic heterocycles. The van der Waals surface area contributed by atoms with Gasteiger partial charge < -0.3 is 5.11 Å². The van der Waals surface area contributed by atoms with Gasteiger partial charge in [0.2, 0.25) is 0 Å². The van der Waals surface area contributed by atoms with Crippen LogP contribution in [-0.4, -0.2) is 5.11 Å². The van der Waals surface area contributed by atoms with Gasteiger partial charge in [0.25, 0.3) is 0 Å². The number of hydrogen-bond donors (Lipinski definition) is 1. The van der Waals surface area contributed by atoms with Gasteiger partial charge in [-0.3, -0.25) is 0 Å². The van der Waals surface area contributed by atoms with E-state index in [4.69, 9.17) is 0 Å². The fourth-order valence-electron chi connectivity index (χ4n) is 2.79. The van der Waals surface area contributed by atoms with E-state index < -0.39 is 23.2 Å². The van der Waals surface area contributed by atoms with Crippen molar-refractivity contribution in [1.29, 1.82) is 0 Å². The summed E-state index contributed by atoms with van der Waals surface area (Å²) in [6, 6.07) is 2.75. The first-order valence-corrected chi connectivity index (χ1v) is 6.13. The van der Waals surface area contributed by atoms with Crippen molar-refractivity contribution in [2.45, 2.75) is 44.9 Å². The SMILES string of the molecule is CC1(C)CCC(O)(c2ccc(F)c(C(F)(F)F)c2)C1. The monoisotopic (exact) mass is 276 g/mol. The summed E-state index contributed by atoms with van der Waals surface area (Å²) < 4.78 is 51.2. The molecule has 0 amide bonds. The molecule has 106 valence electrons. The Kier molecular flexibility index (Phi) is 3.16. The van der Waals surface area contributed by atoms with Crippen molar-refractivity contribution in [2.75, 3.05) is 0 Å². The van der Waals surface area contributed by atoms with E-state index in [1.54, 1.807) is 0 Å². The minimum atomic E-state index is -4.75. The number of alkyl halides is 3. The van der Waals surface area contributed by atoms with Gasteiger partial charge in [0, 0.05) is 0 Å². The van der Waals surface area contributed by atoms with E-state index in [-0.39, 0.29) is 11.0 Å². The Hall–Kier alpha value is -1.10. The lowest BCUT2D eigenvalue weighted by atomic mass is 9.85. The second-order valence-electron chi connectivity index (χ2n) is 6.06. The van der Waals surface area contributed by atoms with E-state index in [9.17, 15) is 22.7 Å². The molecule has 0 saturated heterocycles. The van der Waals surface area contributed by atoms with Crippen LogP contribution in [0.4, 0.5) is 17.6 Å². The highest BCUT2D eigenvalue weighted by Gasteiger charge is 2.44. The Morgan fingerprint density at radius 1 is 1.16 bits per heavy atom. The molecule has 1 N–H and O–H groups in total. The average Bonchev–Trinajstić information content (AvgIpc) is 2.53. The largest absolute Gasteiger partial charge is 0.419 e. The van der Waals surface area contributed by atoms with Gasteiger partial charge >= 0.3 is 6.18 Å². The zero-order valence-electron chi connectivity index (χ0n) is 10.8. The van der Waals surface area contributed by atoms with Gasteiger partial charge in [0.05, 0.1) is 11.2 Å². The molecule has 0 spiro atoms. The Morgan fingerprint density at radius 2 is 1.79 bits per heavy atom. The molecule has 19 heavy (non-hydrogen) atoms. The predicted molar refractivity (Wildman–Crippen MR) is 62.9 cm³/mol. The molecule has 0 bridgehead atoms. The fraction of sp³-hybridized carbons (Fsp3) is 0.571. The number of rotatable bonds is 1. The Balaban J connectivity index is 2.42. The molecular formula is C14H16F4O. The molecule has 0 aliphatic heterocycles. The molecule has 1 aromatic rings. The summed E-state index contributed by atoms with van der Waals surface area (Å²) in [5, 5.41) is 10.5. The maximum Gasteiger partial charge on any atom is 0.419 e. The molecule has 0 heterocycles. The van der Waals surface area contributed by atoms with Crippen molar-refractivity contribution < 1.29 is 22.7 Å². The standard InChI is InChI=1S/C14H16F4O/c1-12(2)5-6-13(19,8-12)9-3-4-11(15)10(7-9)14(16,17)18/h3-4,7,19H,5-6,8H2,1-2H3. The van der Waals surface area contributed by atoms with E-state index in [0.717, 1.165) is 18.6 Å². The maximum atomic E-state index is 13.2. The van der Waals surface area contributed by atoms with Crippen LogP contribution in [0.3, 0.4) is 0 Å². The smallest absolute Gasteiger partial charge is 0.385 e. The zero-order valence-corrected chi connectivity index (χ0v) is 10.8. The fourth-order valence-corrected chi connectivity index (χ4v) is 2.79. The van der Waals surface area contributed by atoms with E-state index in [2.05, 4.69) is 0 Å². The molecule has 5 heteroatoms. The summed E-state index contributed by atoms with van der Waals surface area (Å²) in [7, 11) is 0. The lowest BCUT2D eigenvalue weighted by Gasteiger charge is -2.26. The van der Waals surface area contributed by atoms with Crippen molar-refractivity contribution in [2.24, 2.45) is 5.41 Å². The van der Waals surface area contributed by atoms with Gasteiger partial charge in [-0.1, -0.05) is 19.9 Å². The van der Waals surface area contributed by atoms with Crippen LogP contribution in [-0.2, 0) is 11.8 Å². The molecule has 1 saturated carbocycles. The summed E-state index contributed by atoms with van der Waals surface area (Å²) in [6.45, 7) is 3.92. The van der Waals surface area contributed by atoms with Gasteiger partial charge in [-0.25, -0.2) is 4.39 Å². The van der Waals surface area contributed by atoms with Crippen molar-refractivity contribution in [1.82, 2.24) is 0 Å². The second kappa shape index (κ2) is 4.20. The van der Waals surface area contributed by atoms with Crippen LogP contribution in [0, 0.1) is 11.2 Å². The molecule has 1 nitrogen and oxygen atoms in total. The second-order valence-corrected chi connectivity index (χ2v) is 6.06. The molecule has 2 rings (SSSR count). The summed E-state index contributed by atoms with van der Waals surface area (Å²) in [5.41, 5.74) is -2.59. The highest BCUT2D eigenvalue weighted by Crippen LogP contribution is 2.49. The number of hydrogen-bond acceptors (Lipinski definition) is 1. The van der Waals surface area contributed by atoms with Crippen LogP contribution in [0.1, 0.15) is 44.2 Å². The summed E-state index contributed by atoms with van der Waals surface area (Å²) in [6.07, 6.45) is -3.25. The Labute approximate surface area is 109 Å². The Morgan fingerprint density at radius 3 is 2.26 bits per heavy atom. The van der Waals surface area contributed by atoms with Gasteiger partial charge in [0.15, 0.2) is 0 Å². The van der Waals surface area contributed by atoms with Crippen molar-refractivity contribution >= 4 is 0 Å². The van der Waals surface area contributed by atoms with E-state index >= 15 is 0 Å². The van der Waals surface area contributed by atoms with Crippen LogP contribution >= 0.6 is 0 Å². The molecular weight excluding hydrogens is 260 g/mol. The molecule has 1 aromatic carbocycles. The highest BCUT2D eigenvalue weighted by molar-refractivity contribution is 5.32. The average molecular weight is 276 g/mol. The summed E-state index contributed by atoms with van der Waals surface area (Å²) in [4.78, 5) is 0. The quantitative estimate of drug-likeness (QED) is 0.760. The zero-order chi connectivity index (χ0) is 14.5. The van der Waals surface area contributed by atoms with E-state index in [1.807, 2.05) is 13.8 Å². The third kappa shape index (κ3) is 2.76. The first-order chi connectivity index (χ1) is 8.54. The summed E-state index contributed by atoms with van der Waals surface area (Å²) in [5.74, 6) is -1.31. The molecule has 1 unspecified atom stereocenters. The highest BCUT2D eigenvalue weighted by atomic mass is 19.4. The first-order valence-electron chi connectivity index (χ1n) is 6.13. The van der Waals surface area contributed by atoms with E-state index in [0.29, 0.717) is 12.8 Å². The molecule has 1 aliphatic rings. The van der Waals surface area contributed by atoms with Crippen LogP contribution in [0.2, 0.25) is 0 Å². The third-order valence-electron chi connectivity index (χ3n) is 3.80. The Bertz CT molecular complexity index is 493. The number of benzene rings is 1. The minimum absolute atomic E-state index is 0.123. The number of halogens is 4. The van der Waals surface area contributed by atoms with Gasteiger partial charge in [-0.15, -0.1) is 0 Å². The molecule has 1 atom stereocenters. The van der Waals surface area contributed by atoms with Crippen LogP contribution in [0.5, 0.6) is 0 Å². The first kappa shape index (κ1) is 14.3. The topological polar surface area (TPSA) is 20.2 Å². The molecule has 1 fully saturated rings. The van der Waals surface area contributed by atoms with Crippen LogP contribution < -0.4 is 0 Å². The van der Waals surface area contributed by atoms with Gasteiger partial charge in [-0.2, -0.15) is 13.2 Å². The van der Waals surface area contributed by atoms with Gasteiger partial charge in [0.1, 0.15) is 5.82 Å². The lowest BCUT2D eigenvalue weighted by molar-refractivity contribution is -0.140. The van der Waals surface area contributed by atoms with Crippen molar-refractivity contribution in [3.63, 3.8) is 0 Å². The lowest BCUT2D eigenvalue weighted by Crippen LogP contribution is -2.24. The summed E-state index contributed by atoms with van der Waals surface area (Å²) >= 11 is 0. The van der Waals surface area contributed by atoms with Crippen molar-refractivity contribution in [3.05, 3.63) is 35.1 Å². The van der Waals surface area contributed by atoms with Gasteiger partial charge in [-0.05, 0) is 42.4 Å². The van der Waals surface area contributed by atoms with Crippen LogP contribution in [0.25, 0.3) is 0 Å². The van der Waals surface area contributed by atoms with E-state index in [1.165, 1.54) is 6.07 Å². The third-order valence-corrected chi connectivity index (χ3v) is 3.80.